The fourth-order valence-corrected chi connectivity index (χ4v) is 3.54. The van der Waals surface area contributed by atoms with Gasteiger partial charge >= 0.3 is 0 Å². The van der Waals surface area contributed by atoms with Crippen molar-refractivity contribution in [1.82, 2.24) is 20.0 Å². The molecule has 0 amide bonds. The molecule has 8 nitrogen and oxygen atoms in total. The molecular weight excluding hydrogens is 370 g/mol. The molecule has 1 saturated heterocycles. The van der Waals surface area contributed by atoms with Crippen LogP contribution in [0.1, 0.15) is 17.9 Å². The molecule has 0 aromatic carbocycles. The highest BCUT2D eigenvalue weighted by Crippen LogP contribution is 2.28. The molecule has 4 rings (SSSR count). The van der Waals surface area contributed by atoms with Crippen molar-refractivity contribution < 1.29 is 14.1 Å². The van der Waals surface area contributed by atoms with E-state index in [1.54, 1.807) is 12.3 Å². The van der Waals surface area contributed by atoms with Crippen LogP contribution < -0.4 is 4.74 Å². The number of carbonyl (C=O) groups excluding carboxylic acids is 1. The van der Waals surface area contributed by atoms with Crippen molar-refractivity contribution in [2.24, 2.45) is 4.99 Å². The zero-order chi connectivity index (χ0) is 19.0. The number of carbonyl (C=O) groups is 1. The van der Waals surface area contributed by atoms with Crippen LogP contribution in [0.3, 0.4) is 0 Å². The highest BCUT2D eigenvalue weighted by atomic mass is 35.5. The van der Waals surface area contributed by atoms with E-state index in [9.17, 15) is 4.79 Å². The van der Waals surface area contributed by atoms with Gasteiger partial charge < -0.3 is 14.2 Å². The van der Waals surface area contributed by atoms with Crippen LogP contribution in [0.25, 0.3) is 11.3 Å². The Bertz CT molecular complexity index is 933. The summed E-state index contributed by atoms with van der Waals surface area (Å²) in [5.41, 5.74) is 3.00. The number of rotatable bonds is 4. The molecule has 140 valence electrons. The van der Waals surface area contributed by atoms with Gasteiger partial charge in [0.05, 0.1) is 29.2 Å². The monoisotopic (exact) mass is 387 g/mol. The van der Waals surface area contributed by atoms with Gasteiger partial charge in [-0.15, -0.1) is 0 Å². The molecule has 0 saturated carbocycles. The predicted molar refractivity (Wildman–Crippen MR) is 98.9 cm³/mol. The van der Waals surface area contributed by atoms with Crippen LogP contribution in [0.2, 0.25) is 0 Å². The number of allylic oxidation sites excluding steroid dienone is 1. The first-order valence-corrected chi connectivity index (χ1v) is 9.00. The average molecular weight is 388 g/mol. The van der Waals surface area contributed by atoms with Crippen LogP contribution in [0.4, 0.5) is 0 Å². The Morgan fingerprint density at radius 2 is 2.19 bits per heavy atom. The van der Waals surface area contributed by atoms with E-state index in [1.807, 2.05) is 18.7 Å². The molecule has 2 aliphatic heterocycles. The predicted octanol–water partition coefficient (Wildman–Crippen LogP) is 2.31. The number of Topliss-reactive ketones (excluding diaryl/α,β-unsaturated/α-hetero) is 1. The lowest BCUT2D eigenvalue weighted by molar-refractivity contribution is -0.113. The van der Waals surface area contributed by atoms with Crippen molar-refractivity contribution in [2.75, 3.05) is 19.6 Å². The molecule has 27 heavy (non-hydrogen) atoms. The number of hydrogen-bond donors (Lipinski definition) is 0. The Balaban J connectivity index is 1.48. The van der Waals surface area contributed by atoms with E-state index in [-0.39, 0.29) is 23.5 Å². The Morgan fingerprint density at radius 3 is 2.96 bits per heavy atom. The lowest BCUT2D eigenvalue weighted by atomic mass is 10.1. The van der Waals surface area contributed by atoms with E-state index in [0.29, 0.717) is 29.6 Å². The minimum Gasteiger partial charge on any atom is -0.472 e. The minimum absolute atomic E-state index is 0.0696. The van der Waals surface area contributed by atoms with Gasteiger partial charge in [0.25, 0.3) is 0 Å². The summed E-state index contributed by atoms with van der Waals surface area (Å²) in [6, 6.07) is 1.78. The Labute approximate surface area is 160 Å². The third-order valence-electron chi connectivity index (χ3n) is 4.62. The largest absolute Gasteiger partial charge is 0.472 e. The van der Waals surface area contributed by atoms with Gasteiger partial charge in [-0.3, -0.25) is 9.79 Å². The first-order chi connectivity index (χ1) is 13.0. The Morgan fingerprint density at radius 1 is 1.33 bits per heavy atom. The second-order valence-electron chi connectivity index (χ2n) is 6.51. The molecule has 4 heterocycles. The van der Waals surface area contributed by atoms with Crippen LogP contribution in [0, 0.1) is 13.8 Å². The van der Waals surface area contributed by atoms with Gasteiger partial charge in [0.15, 0.2) is 5.78 Å². The molecule has 0 spiro atoms. The Hall–Kier alpha value is -2.74. The summed E-state index contributed by atoms with van der Waals surface area (Å²) in [5, 5.41) is 4.20. The molecule has 0 radical (unpaired) electrons. The van der Waals surface area contributed by atoms with E-state index in [0.717, 1.165) is 24.2 Å². The second kappa shape index (κ2) is 7.11. The first-order valence-electron chi connectivity index (χ1n) is 8.62. The van der Waals surface area contributed by atoms with Gasteiger partial charge in [-0.2, -0.15) is 0 Å². The summed E-state index contributed by atoms with van der Waals surface area (Å²) in [5.74, 6) is 1.03. The topological polar surface area (TPSA) is 93.7 Å². The summed E-state index contributed by atoms with van der Waals surface area (Å²) in [6.07, 6.45) is 3.85. The summed E-state index contributed by atoms with van der Waals surface area (Å²) in [6.45, 7) is 5.17. The molecule has 1 fully saturated rings. The number of halogens is 1. The number of aromatic nitrogens is 3. The summed E-state index contributed by atoms with van der Waals surface area (Å²) in [7, 11) is 0. The third kappa shape index (κ3) is 3.44. The van der Waals surface area contributed by atoms with Crippen molar-refractivity contribution in [1.29, 1.82) is 0 Å². The highest BCUT2D eigenvalue weighted by molar-refractivity contribution is 6.44. The molecular formula is C18H18ClN5O3. The van der Waals surface area contributed by atoms with Crippen molar-refractivity contribution in [3.63, 3.8) is 0 Å². The SMILES string of the molecule is Cc1noc(C)c1-c1cc(O[C@@H]2CCN(C3=C(Cl)C(=O)CN=C3)C2)ncn1. The normalized spacial score (nSPS) is 19.9. The van der Waals surface area contributed by atoms with Crippen LogP contribution >= 0.6 is 11.6 Å². The first kappa shape index (κ1) is 17.7. The molecule has 1 atom stereocenters. The Kier molecular flexibility index (Phi) is 4.65. The van der Waals surface area contributed by atoms with Gasteiger partial charge in [0.1, 0.15) is 29.8 Å². The number of ketones is 1. The van der Waals surface area contributed by atoms with Crippen molar-refractivity contribution >= 4 is 23.6 Å². The molecule has 2 aromatic heterocycles. The summed E-state index contributed by atoms with van der Waals surface area (Å²) < 4.78 is 11.2. The van der Waals surface area contributed by atoms with Crippen molar-refractivity contribution in [3.05, 3.63) is 34.6 Å². The van der Waals surface area contributed by atoms with Crippen LogP contribution in [-0.2, 0) is 4.79 Å². The summed E-state index contributed by atoms with van der Waals surface area (Å²) >= 11 is 6.15. The van der Waals surface area contributed by atoms with E-state index in [2.05, 4.69) is 20.1 Å². The van der Waals surface area contributed by atoms with Crippen molar-refractivity contribution in [3.8, 4) is 17.1 Å². The number of ether oxygens (including phenoxy) is 1. The number of nitrogens with zero attached hydrogens (tertiary/aromatic N) is 5. The van der Waals surface area contributed by atoms with E-state index >= 15 is 0 Å². The number of aliphatic imine (C=N–C) groups is 1. The van der Waals surface area contributed by atoms with Gasteiger partial charge in [0.2, 0.25) is 5.88 Å². The van der Waals surface area contributed by atoms with Gasteiger partial charge in [-0.25, -0.2) is 9.97 Å². The molecule has 0 N–H and O–H groups in total. The zero-order valence-corrected chi connectivity index (χ0v) is 15.7. The molecule has 2 aliphatic rings. The maximum Gasteiger partial charge on any atom is 0.217 e. The summed E-state index contributed by atoms with van der Waals surface area (Å²) in [4.78, 5) is 26.3. The maximum absolute atomic E-state index is 11.7. The number of likely N-dealkylation sites (tertiary alicyclic amines) is 1. The number of hydrogen-bond acceptors (Lipinski definition) is 8. The van der Waals surface area contributed by atoms with Crippen LogP contribution in [-0.4, -0.2) is 57.8 Å². The standard InChI is InChI=1S/C18H18ClN5O3/c1-10-17(11(2)27-23-10)13-5-16(22-9-21-13)26-12-3-4-24(8-12)14-6-20-7-15(25)18(14)19/h5-6,9,12H,3-4,7-8H2,1-2H3/t12-/m1/s1. The van der Waals surface area contributed by atoms with Gasteiger partial charge in [-0.05, 0) is 13.8 Å². The quantitative estimate of drug-likeness (QED) is 0.794. The second-order valence-corrected chi connectivity index (χ2v) is 6.89. The lowest BCUT2D eigenvalue weighted by Crippen LogP contribution is -2.28. The third-order valence-corrected chi connectivity index (χ3v) is 5.03. The number of aryl methyl sites for hydroxylation is 2. The van der Waals surface area contributed by atoms with E-state index in [1.165, 1.54) is 6.33 Å². The van der Waals surface area contributed by atoms with Crippen LogP contribution in [0.15, 0.2) is 32.6 Å². The minimum atomic E-state index is -0.154. The smallest absolute Gasteiger partial charge is 0.217 e. The fraction of sp³-hybridized carbons (Fsp3) is 0.389. The van der Waals surface area contributed by atoms with Gasteiger partial charge in [-0.1, -0.05) is 16.8 Å². The molecule has 0 unspecified atom stereocenters. The molecule has 9 heteroatoms. The highest BCUT2D eigenvalue weighted by Gasteiger charge is 2.29. The van der Waals surface area contributed by atoms with E-state index in [4.69, 9.17) is 20.9 Å². The molecule has 0 bridgehead atoms. The maximum atomic E-state index is 11.7. The van der Waals surface area contributed by atoms with Crippen LogP contribution in [0.5, 0.6) is 5.88 Å². The zero-order valence-electron chi connectivity index (χ0n) is 15.0. The fourth-order valence-electron chi connectivity index (χ4n) is 3.31. The average Bonchev–Trinajstić information content (AvgIpc) is 3.24. The lowest BCUT2D eigenvalue weighted by Gasteiger charge is -2.22. The molecule has 0 aliphatic carbocycles. The van der Waals surface area contributed by atoms with E-state index < -0.39 is 0 Å². The van der Waals surface area contributed by atoms with Crippen molar-refractivity contribution in [2.45, 2.75) is 26.4 Å². The van der Waals surface area contributed by atoms with Gasteiger partial charge in [0, 0.05) is 25.2 Å². The molecule has 2 aromatic rings. The number of dihydropyridines is 1.